The average molecular weight is 385 g/mol. The van der Waals surface area contributed by atoms with E-state index in [0.717, 1.165) is 12.0 Å². The van der Waals surface area contributed by atoms with Gasteiger partial charge in [-0.05, 0) is 83.4 Å². The van der Waals surface area contributed by atoms with E-state index in [1.165, 1.54) is 36.8 Å². The number of benzene rings is 2. The van der Waals surface area contributed by atoms with Crippen LogP contribution in [0, 0.1) is 11.3 Å². The molecule has 1 saturated carbocycles. The first-order chi connectivity index (χ1) is 12.8. The van der Waals surface area contributed by atoms with Crippen molar-refractivity contribution in [3.8, 4) is 11.5 Å². The van der Waals surface area contributed by atoms with Crippen molar-refractivity contribution < 1.29 is 9.84 Å². The van der Waals surface area contributed by atoms with Crippen LogP contribution in [0.3, 0.4) is 0 Å². The Morgan fingerprint density at radius 3 is 2.59 bits per heavy atom. The van der Waals surface area contributed by atoms with Gasteiger partial charge in [-0.15, -0.1) is 0 Å². The van der Waals surface area contributed by atoms with Gasteiger partial charge in [-0.2, -0.15) is 0 Å². The number of fused-ring (bicyclic) bond motifs is 3. The summed E-state index contributed by atoms with van der Waals surface area (Å²) in [6, 6.07) is 11.7. The minimum Gasteiger partial charge on any atom is -0.504 e. The van der Waals surface area contributed by atoms with Gasteiger partial charge >= 0.3 is 0 Å². The molecule has 0 bridgehead atoms. The summed E-state index contributed by atoms with van der Waals surface area (Å²) in [6.07, 6.45) is 6.05. The van der Waals surface area contributed by atoms with Gasteiger partial charge in [-0.3, -0.25) is 0 Å². The van der Waals surface area contributed by atoms with Crippen molar-refractivity contribution >= 4 is 11.6 Å². The Morgan fingerprint density at radius 1 is 1.11 bits per heavy atom. The van der Waals surface area contributed by atoms with Crippen LogP contribution in [-0.4, -0.2) is 5.11 Å². The van der Waals surface area contributed by atoms with Crippen LogP contribution in [-0.2, 0) is 18.4 Å². The van der Waals surface area contributed by atoms with Crippen molar-refractivity contribution in [1.29, 1.82) is 0 Å². The molecule has 0 saturated heterocycles. The van der Waals surface area contributed by atoms with E-state index in [4.69, 9.17) is 16.3 Å². The molecule has 3 heteroatoms. The number of halogens is 1. The first-order valence-electron chi connectivity index (χ1n) is 10.0. The molecule has 0 radical (unpaired) electrons. The van der Waals surface area contributed by atoms with E-state index in [9.17, 15) is 5.11 Å². The van der Waals surface area contributed by atoms with Gasteiger partial charge in [-0.1, -0.05) is 50.9 Å². The molecule has 1 fully saturated rings. The van der Waals surface area contributed by atoms with Gasteiger partial charge in [0.15, 0.2) is 11.5 Å². The number of aromatic hydroxyl groups is 1. The lowest BCUT2D eigenvalue weighted by atomic mass is 9.50. The first kappa shape index (κ1) is 18.7. The van der Waals surface area contributed by atoms with Gasteiger partial charge in [0.05, 0.1) is 0 Å². The highest BCUT2D eigenvalue weighted by atomic mass is 35.5. The summed E-state index contributed by atoms with van der Waals surface area (Å²) in [6.45, 7) is 7.67. The van der Waals surface area contributed by atoms with Crippen molar-refractivity contribution in [2.75, 3.05) is 0 Å². The molecule has 2 aliphatic carbocycles. The smallest absolute Gasteiger partial charge is 0.161 e. The van der Waals surface area contributed by atoms with Crippen LogP contribution < -0.4 is 4.74 Å². The highest BCUT2D eigenvalue weighted by Crippen LogP contribution is 2.57. The second-order valence-corrected chi connectivity index (χ2v) is 9.68. The van der Waals surface area contributed by atoms with E-state index in [-0.39, 0.29) is 11.2 Å². The maximum Gasteiger partial charge on any atom is 0.161 e. The Hall–Kier alpha value is -1.67. The van der Waals surface area contributed by atoms with Crippen molar-refractivity contribution in [3.05, 3.63) is 58.1 Å². The number of phenols is 1. The number of phenolic OH excluding ortho intramolecular Hbond substituents is 1. The predicted molar refractivity (Wildman–Crippen MR) is 111 cm³/mol. The van der Waals surface area contributed by atoms with Crippen LogP contribution in [0.4, 0.5) is 0 Å². The minimum atomic E-state index is 0.154. The second kappa shape index (κ2) is 6.74. The van der Waals surface area contributed by atoms with Gasteiger partial charge in [0.1, 0.15) is 6.61 Å². The maximum atomic E-state index is 10.7. The van der Waals surface area contributed by atoms with Crippen LogP contribution >= 0.6 is 11.6 Å². The number of hydrogen-bond donors (Lipinski definition) is 1. The molecule has 0 heterocycles. The number of hydrogen-bond acceptors (Lipinski definition) is 2. The van der Waals surface area contributed by atoms with Crippen LogP contribution in [0.2, 0.25) is 5.02 Å². The van der Waals surface area contributed by atoms with Crippen LogP contribution in [0.25, 0.3) is 0 Å². The molecule has 2 aliphatic rings. The van der Waals surface area contributed by atoms with Gasteiger partial charge in [0.25, 0.3) is 0 Å². The van der Waals surface area contributed by atoms with Gasteiger partial charge in [0, 0.05) is 5.02 Å². The quantitative estimate of drug-likeness (QED) is 0.641. The van der Waals surface area contributed by atoms with E-state index in [1.807, 2.05) is 30.3 Å². The van der Waals surface area contributed by atoms with Gasteiger partial charge in [-0.25, -0.2) is 0 Å². The van der Waals surface area contributed by atoms with Crippen molar-refractivity contribution in [1.82, 2.24) is 0 Å². The van der Waals surface area contributed by atoms with E-state index in [0.29, 0.717) is 28.7 Å². The number of ether oxygens (including phenoxy) is 1. The molecule has 2 aromatic carbocycles. The summed E-state index contributed by atoms with van der Waals surface area (Å²) in [5, 5.41) is 11.4. The highest BCUT2D eigenvalue weighted by Gasteiger charge is 2.49. The number of rotatable bonds is 3. The fourth-order valence-corrected chi connectivity index (χ4v) is 5.79. The van der Waals surface area contributed by atoms with Gasteiger partial charge < -0.3 is 9.84 Å². The molecule has 1 N–H and O–H groups in total. The largest absolute Gasteiger partial charge is 0.504 e. The summed E-state index contributed by atoms with van der Waals surface area (Å²) in [4.78, 5) is 0. The minimum absolute atomic E-state index is 0.154. The molecular formula is C24H29ClO2. The first-order valence-corrected chi connectivity index (χ1v) is 10.4. The monoisotopic (exact) mass is 384 g/mol. The zero-order valence-corrected chi connectivity index (χ0v) is 17.3. The topological polar surface area (TPSA) is 29.5 Å². The standard InChI is InChI=1S/C24H29ClO2/c1-23(2)11-4-12-24(3)19-14-20(26)21(13-17(19)7-10-22(23)24)27-15-16-5-8-18(25)9-6-16/h5-6,8-9,13-14,22,26H,4,7,10-12,15H2,1-3H3/t22-,24+/m0/s1. The Bertz CT molecular complexity index is 840. The SMILES string of the molecule is CC1(C)CCC[C@]2(C)c3cc(O)c(OCc4ccc(Cl)cc4)cc3CC[C@@H]12. The molecule has 0 aromatic heterocycles. The van der Waals surface area contributed by atoms with E-state index in [1.54, 1.807) is 0 Å². The van der Waals surface area contributed by atoms with E-state index in [2.05, 4.69) is 26.8 Å². The molecule has 0 spiro atoms. The fourth-order valence-electron chi connectivity index (χ4n) is 5.66. The molecule has 4 rings (SSSR count). The summed E-state index contributed by atoms with van der Waals surface area (Å²) in [5.41, 5.74) is 4.24. The Balaban J connectivity index is 1.61. The van der Waals surface area contributed by atoms with Crippen LogP contribution in [0.5, 0.6) is 11.5 Å². The molecule has 27 heavy (non-hydrogen) atoms. The Kier molecular flexibility index (Phi) is 4.66. The zero-order valence-electron chi connectivity index (χ0n) is 16.5. The average Bonchev–Trinajstić information content (AvgIpc) is 2.61. The third kappa shape index (κ3) is 3.33. The zero-order chi connectivity index (χ0) is 19.2. The maximum absolute atomic E-state index is 10.7. The lowest BCUT2D eigenvalue weighted by Crippen LogP contribution is -2.47. The molecule has 2 atom stereocenters. The normalized spacial score (nSPS) is 26.1. The Morgan fingerprint density at radius 2 is 1.85 bits per heavy atom. The highest BCUT2D eigenvalue weighted by molar-refractivity contribution is 6.30. The van der Waals surface area contributed by atoms with Crippen molar-refractivity contribution in [3.63, 3.8) is 0 Å². The fraction of sp³-hybridized carbons (Fsp3) is 0.500. The molecule has 0 unspecified atom stereocenters. The molecule has 2 nitrogen and oxygen atoms in total. The predicted octanol–water partition coefficient (Wildman–Crippen LogP) is 6.65. The summed E-state index contributed by atoms with van der Waals surface area (Å²) in [5.74, 6) is 1.51. The summed E-state index contributed by atoms with van der Waals surface area (Å²) < 4.78 is 5.95. The molecular weight excluding hydrogens is 356 g/mol. The number of aryl methyl sites for hydroxylation is 1. The lowest BCUT2D eigenvalue weighted by molar-refractivity contribution is 0.0405. The third-order valence-electron chi connectivity index (χ3n) is 7.04. The van der Waals surface area contributed by atoms with E-state index < -0.39 is 0 Å². The summed E-state index contributed by atoms with van der Waals surface area (Å²) in [7, 11) is 0. The van der Waals surface area contributed by atoms with Gasteiger partial charge in [0.2, 0.25) is 0 Å². The molecule has 0 amide bonds. The lowest BCUT2D eigenvalue weighted by Gasteiger charge is -2.54. The van der Waals surface area contributed by atoms with Crippen LogP contribution in [0.1, 0.15) is 63.1 Å². The third-order valence-corrected chi connectivity index (χ3v) is 7.29. The second-order valence-electron chi connectivity index (χ2n) is 9.24. The van der Waals surface area contributed by atoms with Crippen molar-refractivity contribution in [2.24, 2.45) is 11.3 Å². The molecule has 2 aromatic rings. The van der Waals surface area contributed by atoms with E-state index >= 15 is 0 Å². The Labute approximate surface area is 167 Å². The molecule has 0 aliphatic heterocycles. The van der Waals surface area contributed by atoms with Crippen LogP contribution in [0.15, 0.2) is 36.4 Å². The molecule has 144 valence electrons. The summed E-state index contributed by atoms with van der Waals surface area (Å²) >= 11 is 5.94. The van der Waals surface area contributed by atoms with Crippen molar-refractivity contribution in [2.45, 2.75) is 64.9 Å².